The van der Waals surface area contributed by atoms with Crippen LogP contribution in [0, 0.1) is 5.41 Å². The van der Waals surface area contributed by atoms with Crippen LogP contribution in [0.3, 0.4) is 0 Å². The molecule has 4 heteroatoms. The van der Waals surface area contributed by atoms with Crippen molar-refractivity contribution in [1.82, 2.24) is 15.1 Å². The van der Waals surface area contributed by atoms with Gasteiger partial charge in [0.25, 0.3) is 0 Å². The highest BCUT2D eigenvalue weighted by atomic mass is 16.3. The van der Waals surface area contributed by atoms with Gasteiger partial charge in [-0.2, -0.15) is 5.10 Å². The Bertz CT molecular complexity index is 264. The quantitative estimate of drug-likeness (QED) is 0.760. The molecule has 1 rings (SSSR count). The maximum Gasteiger partial charge on any atom is 0.0589 e. The van der Waals surface area contributed by atoms with Crippen LogP contribution >= 0.6 is 0 Å². The summed E-state index contributed by atoms with van der Waals surface area (Å²) in [7, 11) is 0. The Morgan fingerprint density at radius 1 is 1.47 bits per heavy atom. The van der Waals surface area contributed by atoms with E-state index in [0.717, 1.165) is 13.1 Å². The molecule has 4 nitrogen and oxygen atoms in total. The lowest BCUT2D eigenvalue weighted by Gasteiger charge is -2.30. The minimum absolute atomic E-state index is 0.0822. The van der Waals surface area contributed by atoms with E-state index in [1.54, 1.807) is 6.20 Å². The van der Waals surface area contributed by atoms with Gasteiger partial charge in [-0.3, -0.25) is 4.68 Å². The number of hydrogen-bond donors (Lipinski definition) is 2. The van der Waals surface area contributed by atoms with E-state index in [9.17, 15) is 5.11 Å². The predicted molar refractivity (Wildman–Crippen MR) is 60.6 cm³/mol. The van der Waals surface area contributed by atoms with Crippen molar-refractivity contribution >= 4 is 0 Å². The summed E-state index contributed by atoms with van der Waals surface area (Å²) in [6.07, 6.45) is 3.71. The SMILES string of the molecule is CC(C)(C)C(CO)NCCn1cccn1. The second-order valence-electron chi connectivity index (χ2n) is 4.82. The Morgan fingerprint density at radius 2 is 2.20 bits per heavy atom. The van der Waals surface area contributed by atoms with Gasteiger partial charge in [0.15, 0.2) is 0 Å². The molecule has 0 radical (unpaired) electrons. The van der Waals surface area contributed by atoms with Crippen molar-refractivity contribution in [3.8, 4) is 0 Å². The maximum absolute atomic E-state index is 9.23. The zero-order valence-electron chi connectivity index (χ0n) is 9.77. The van der Waals surface area contributed by atoms with Crippen LogP contribution in [0.5, 0.6) is 0 Å². The van der Waals surface area contributed by atoms with E-state index >= 15 is 0 Å². The average Bonchev–Trinajstić information content (AvgIpc) is 2.62. The molecule has 86 valence electrons. The van der Waals surface area contributed by atoms with Crippen LogP contribution in [-0.2, 0) is 6.54 Å². The summed E-state index contributed by atoms with van der Waals surface area (Å²) in [5.74, 6) is 0. The topological polar surface area (TPSA) is 50.1 Å². The summed E-state index contributed by atoms with van der Waals surface area (Å²) in [6, 6.07) is 2.04. The molecule has 0 fully saturated rings. The number of nitrogens with zero attached hydrogens (tertiary/aromatic N) is 2. The van der Waals surface area contributed by atoms with Gasteiger partial charge in [0.2, 0.25) is 0 Å². The van der Waals surface area contributed by atoms with E-state index in [1.165, 1.54) is 0 Å². The molecule has 0 saturated carbocycles. The minimum Gasteiger partial charge on any atom is -0.395 e. The standard InChI is InChI=1S/C11H21N3O/c1-11(2,3)10(9-15)12-6-8-14-7-4-5-13-14/h4-5,7,10,12,15H,6,8-9H2,1-3H3. The monoisotopic (exact) mass is 211 g/mol. The Morgan fingerprint density at radius 3 is 2.67 bits per heavy atom. The third-order valence-corrected chi connectivity index (χ3v) is 2.52. The lowest BCUT2D eigenvalue weighted by atomic mass is 9.87. The molecule has 1 aromatic rings. The van der Waals surface area contributed by atoms with E-state index in [2.05, 4.69) is 31.2 Å². The van der Waals surface area contributed by atoms with Gasteiger partial charge in [0, 0.05) is 25.0 Å². The van der Waals surface area contributed by atoms with E-state index in [1.807, 2.05) is 16.9 Å². The normalized spacial score (nSPS) is 14.1. The van der Waals surface area contributed by atoms with Gasteiger partial charge >= 0.3 is 0 Å². The first-order chi connectivity index (χ1) is 7.04. The van der Waals surface area contributed by atoms with Gasteiger partial charge in [0.1, 0.15) is 0 Å². The van der Waals surface area contributed by atoms with Crippen LogP contribution in [-0.4, -0.2) is 34.1 Å². The van der Waals surface area contributed by atoms with Gasteiger partial charge in [-0.25, -0.2) is 0 Å². The van der Waals surface area contributed by atoms with Gasteiger partial charge in [-0.05, 0) is 11.5 Å². The number of hydrogen-bond acceptors (Lipinski definition) is 3. The lowest BCUT2D eigenvalue weighted by Crippen LogP contribution is -2.44. The second-order valence-corrected chi connectivity index (χ2v) is 4.82. The van der Waals surface area contributed by atoms with E-state index in [4.69, 9.17) is 0 Å². The number of rotatable bonds is 5. The van der Waals surface area contributed by atoms with E-state index < -0.39 is 0 Å². The second kappa shape index (κ2) is 5.28. The first-order valence-electron chi connectivity index (χ1n) is 5.35. The van der Waals surface area contributed by atoms with Gasteiger partial charge < -0.3 is 10.4 Å². The van der Waals surface area contributed by atoms with Crippen molar-refractivity contribution in [1.29, 1.82) is 0 Å². The fourth-order valence-electron chi connectivity index (χ4n) is 1.43. The summed E-state index contributed by atoms with van der Waals surface area (Å²) < 4.78 is 1.88. The number of nitrogens with one attached hydrogen (secondary N) is 1. The molecular formula is C11H21N3O. The van der Waals surface area contributed by atoms with Gasteiger partial charge in [-0.1, -0.05) is 20.8 Å². The average molecular weight is 211 g/mol. The number of aliphatic hydroxyl groups excluding tert-OH is 1. The first-order valence-corrected chi connectivity index (χ1v) is 5.35. The van der Waals surface area contributed by atoms with Crippen LogP contribution in [0.4, 0.5) is 0 Å². The molecule has 0 aromatic carbocycles. The Balaban J connectivity index is 2.29. The molecule has 0 aliphatic heterocycles. The molecular weight excluding hydrogens is 190 g/mol. The first kappa shape index (κ1) is 12.2. The summed E-state index contributed by atoms with van der Waals surface area (Å²) in [5, 5.41) is 16.7. The maximum atomic E-state index is 9.23. The van der Waals surface area contributed by atoms with Crippen LogP contribution < -0.4 is 5.32 Å². The molecule has 0 aliphatic carbocycles. The van der Waals surface area contributed by atoms with Gasteiger partial charge in [-0.15, -0.1) is 0 Å². The number of aromatic nitrogens is 2. The molecule has 15 heavy (non-hydrogen) atoms. The van der Waals surface area contributed by atoms with Crippen molar-refractivity contribution in [2.45, 2.75) is 33.4 Å². The van der Waals surface area contributed by atoms with Crippen LogP contribution in [0.25, 0.3) is 0 Å². The summed E-state index contributed by atoms with van der Waals surface area (Å²) in [6.45, 7) is 8.19. The van der Waals surface area contributed by atoms with Crippen LogP contribution in [0.15, 0.2) is 18.5 Å². The molecule has 0 aliphatic rings. The fourth-order valence-corrected chi connectivity index (χ4v) is 1.43. The van der Waals surface area contributed by atoms with Crippen LogP contribution in [0.2, 0.25) is 0 Å². The summed E-state index contributed by atoms with van der Waals surface area (Å²) in [5.41, 5.74) is 0.0822. The largest absolute Gasteiger partial charge is 0.395 e. The third-order valence-electron chi connectivity index (χ3n) is 2.52. The van der Waals surface area contributed by atoms with E-state index in [0.29, 0.717) is 0 Å². The smallest absolute Gasteiger partial charge is 0.0589 e. The van der Waals surface area contributed by atoms with Crippen molar-refractivity contribution in [3.05, 3.63) is 18.5 Å². The molecule has 0 bridgehead atoms. The Labute approximate surface area is 91.3 Å². The summed E-state index contributed by atoms with van der Waals surface area (Å²) >= 11 is 0. The summed E-state index contributed by atoms with van der Waals surface area (Å²) in [4.78, 5) is 0. The van der Waals surface area contributed by atoms with Crippen molar-refractivity contribution in [2.24, 2.45) is 5.41 Å². The number of aliphatic hydroxyl groups is 1. The zero-order chi connectivity index (χ0) is 11.3. The molecule has 0 spiro atoms. The molecule has 1 atom stereocenters. The molecule has 1 aromatic heterocycles. The molecule has 2 N–H and O–H groups in total. The zero-order valence-corrected chi connectivity index (χ0v) is 9.77. The van der Waals surface area contributed by atoms with Crippen molar-refractivity contribution in [2.75, 3.05) is 13.2 Å². The van der Waals surface area contributed by atoms with Gasteiger partial charge in [0.05, 0.1) is 13.2 Å². The highest BCUT2D eigenvalue weighted by Crippen LogP contribution is 2.18. The molecule has 0 saturated heterocycles. The molecule has 1 unspecified atom stereocenters. The molecule has 1 heterocycles. The van der Waals surface area contributed by atoms with Crippen molar-refractivity contribution < 1.29 is 5.11 Å². The third kappa shape index (κ3) is 4.01. The predicted octanol–water partition coefficient (Wildman–Crippen LogP) is 0.880. The van der Waals surface area contributed by atoms with E-state index in [-0.39, 0.29) is 18.1 Å². The fraction of sp³-hybridized carbons (Fsp3) is 0.727. The Hall–Kier alpha value is -0.870. The Kier molecular flexibility index (Phi) is 4.29. The minimum atomic E-state index is 0.0822. The highest BCUT2D eigenvalue weighted by Gasteiger charge is 2.22. The van der Waals surface area contributed by atoms with Crippen molar-refractivity contribution in [3.63, 3.8) is 0 Å². The molecule has 0 amide bonds. The van der Waals surface area contributed by atoms with Crippen LogP contribution in [0.1, 0.15) is 20.8 Å². The highest BCUT2D eigenvalue weighted by molar-refractivity contribution is 4.81. The lowest BCUT2D eigenvalue weighted by molar-refractivity contribution is 0.158.